The lowest BCUT2D eigenvalue weighted by atomic mass is 9.67. The monoisotopic (exact) mass is 755 g/mol. The van der Waals surface area contributed by atoms with Gasteiger partial charge in [0.2, 0.25) is 0 Å². The molecule has 58 heavy (non-hydrogen) atoms. The maximum atomic E-state index is 9.65. The summed E-state index contributed by atoms with van der Waals surface area (Å²) in [4.78, 5) is 13.1. The van der Waals surface area contributed by atoms with E-state index in [1.54, 1.807) is 0 Å². The Morgan fingerprint density at radius 2 is 0.914 bits per heavy atom. The number of fused-ring (bicyclic) bond motifs is 9. The van der Waals surface area contributed by atoms with Gasteiger partial charge in [0.1, 0.15) is 0 Å². The molecule has 4 heteroatoms. The van der Waals surface area contributed by atoms with Crippen LogP contribution in [0.25, 0.3) is 67.3 Å². The van der Waals surface area contributed by atoms with Gasteiger partial charge in [-0.2, -0.15) is 5.26 Å². The van der Waals surface area contributed by atoms with Crippen molar-refractivity contribution in [3.63, 3.8) is 0 Å². The number of aromatic nitrogens is 2. The molecule has 0 saturated heterocycles. The molecule has 1 aromatic heterocycles. The molecule has 0 fully saturated rings. The Bertz CT molecular complexity index is 3030. The van der Waals surface area contributed by atoms with Gasteiger partial charge in [-0.25, -0.2) is 9.97 Å². The summed E-state index contributed by atoms with van der Waals surface area (Å²) < 4.78 is 0. The Labute approximate surface area is 342 Å². The van der Waals surface area contributed by atoms with Crippen LogP contribution < -0.4 is 0 Å². The predicted molar refractivity (Wildman–Crippen MR) is 235 cm³/mol. The SMILES string of the molecule is N#Cc1ccc(-c2cccc3c2-c2cc(-c4nc(-c5ccccc5)cc(-c5ccc(-c6ccccc6)cc5)n4)ccc2C32c3ccccc3Sc3ccccc32)cc1. The van der Waals surface area contributed by atoms with Crippen molar-refractivity contribution >= 4 is 11.8 Å². The van der Waals surface area contributed by atoms with Crippen LogP contribution >= 0.6 is 11.8 Å². The van der Waals surface area contributed by atoms with Gasteiger partial charge in [0, 0.05) is 26.5 Å². The number of nitriles is 1. The molecule has 270 valence electrons. The highest BCUT2D eigenvalue weighted by molar-refractivity contribution is 7.99. The average Bonchev–Trinajstić information content (AvgIpc) is 3.59. The summed E-state index contributed by atoms with van der Waals surface area (Å²) in [6.07, 6.45) is 0. The van der Waals surface area contributed by atoms with E-state index in [1.807, 2.05) is 36.0 Å². The fourth-order valence-electron chi connectivity index (χ4n) is 9.00. The number of benzene rings is 8. The van der Waals surface area contributed by atoms with Crippen molar-refractivity contribution in [2.75, 3.05) is 0 Å². The fraction of sp³-hybridized carbons (Fsp3) is 0.0185. The van der Waals surface area contributed by atoms with E-state index in [2.05, 4.69) is 182 Å². The van der Waals surface area contributed by atoms with Crippen LogP contribution in [0, 0.1) is 11.3 Å². The molecule has 9 aromatic rings. The van der Waals surface area contributed by atoms with Gasteiger partial charge in [-0.3, -0.25) is 0 Å². The van der Waals surface area contributed by atoms with Gasteiger partial charge in [-0.05, 0) is 92.0 Å². The molecule has 0 saturated carbocycles. The van der Waals surface area contributed by atoms with Crippen LogP contribution in [0.3, 0.4) is 0 Å². The third-order valence-electron chi connectivity index (χ3n) is 11.6. The Balaban J connectivity index is 1.15. The topological polar surface area (TPSA) is 49.6 Å². The summed E-state index contributed by atoms with van der Waals surface area (Å²) in [6.45, 7) is 0. The highest BCUT2D eigenvalue weighted by Crippen LogP contribution is 2.63. The average molecular weight is 756 g/mol. The van der Waals surface area contributed by atoms with Crippen molar-refractivity contribution in [2.24, 2.45) is 0 Å². The van der Waals surface area contributed by atoms with Crippen molar-refractivity contribution in [2.45, 2.75) is 15.2 Å². The molecular formula is C54H33N3S. The van der Waals surface area contributed by atoms with E-state index in [1.165, 1.54) is 43.2 Å². The zero-order valence-electron chi connectivity index (χ0n) is 31.3. The normalized spacial score (nSPS) is 12.9. The van der Waals surface area contributed by atoms with E-state index in [4.69, 9.17) is 9.97 Å². The van der Waals surface area contributed by atoms with E-state index < -0.39 is 5.41 Å². The number of hydrogen-bond acceptors (Lipinski definition) is 4. The van der Waals surface area contributed by atoms with Crippen LogP contribution in [0.15, 0.2) is 210 Å². The van der Waals surface area contributed by atoms with Crippen molar-refractivity contribution < 1.29 is 0 Å². The lowest BCUT2D eigenvalue weighted by Gasteiger charge is -2.39. The van der Waals surface area contributed by atoms with E-state index in [0.29, 0.717) is 11.4 Å². The van der Waals surface area contributed by atoms with Gasteiger partial charge in [-0.15, -0.1) is 0 Å². The smallest absolute Gasteiger partial charge is 0.160 e. The summed E-state index contributed by atoms with van der Waals surface area (Å²) in [5.41, 5.74) is 16.8. The van der Waals surface area contributed by atoms with Gasteiger partial charge < -0.3 is 0 Å². The van der Waals surface area contributed by atoms with Gasteiger partial charge in [0.05, 0.1) is 28.4 Å². The Hall–Kier alpha value is -7.32. The molecule has 2 heterocycles. The van der Waals surface area contributed by atoms with Crippen LogP contribution in [-0.2, 0) is 5.41 Å². The number of rotatable bonds is 5. The molecule has 0 radical (unpaired) electrons. The second-order valence-electron chi connectivity index (χ2n) is 14.8. The molecule has 3 nitrogen and oxygen atoms in total. The molecule has 1 aliphatic heterocycles. The van der Waals surface area contributed by atoms with Crippen LogP contribution in [0.5, 0.6) is 0 Å². The summed E-state index contributed by atoms with van der Waals surface area (Å²) in [7, 11) is 0. The molecule has 0 atom stereocenters. The van der Waals surface area contributed by atoms with Gasteiger partial charge >= 0.3 is 0 Å². The van der Waals surface area contributed by atoms with Crippen molar-refractivity contribution in [3.05, 3.63) is 228 Å². The molecular weight excluding hydrogens is 723 g/mol. The largest absolute Gasteiger partial charge is 0.228 e. The van der Waals surface area contributed by atoms with Crippen LogP contribution in [0.4, 0.5) is 0 Å². The molecule has 11 rings (SSSR count). The highest BCUT2D eigenvalue weighted by Gasteiger charge is 2.50. The molecule has 1 aliphatic carbocycles. The number of hydrogen-bond donors (Lipinski definition) is 0. The van der Waals surface area contributed by atoms with E-state index >= 15 is 0 Å². The van der Waals surface area contributed by atoms with Crippen LogP contribution in [0.2, 0.25) is 0 Å². The molecule has 1 spiro atoms. The van der Waals surface area contributed by atoms with Crippen molar-refractivity contribution in [1.29, 1.82) is 5.26 Å². The van der Waals surface area contributed by atoms with Crippen LogP contribution in [0.1, 0.15) is 27.8 Å². The first-order valence-corrected chi connectivity index (χ1v) is 20.3. The Morgan fingerprint density at radius 3 is 1.57 bits per heavy atom. The fourth-order valence-corrected chi connectivity index (χ4v) is 10.2. The van der Waals surface area contributed by atoms with Gasteiger partial charge in [0.25, 0.3) is 0 Å². The second kappa shape index (κ2) is 13.7. The molecule has 0 N–H and O–H groups in total. The lowest BCUT2D eigenvalue weighted by Crippen LogP contribution is -2.31. The van der Waals surface area contributed by atoms with E-state index in [-0.39, 0.29) is 0 Å². The highest BCUT2D eigenvalue weighted by atomic mass is 32.2. The third kappa shape index (κ3) is 5.36. The molecule has 8 aromatic carbocycles. The number of nitrogens with zero attached hydrogens (tertiary/aromatic N) is 3. The minimum Gasteiger partial charge on any atom is -0.228 e. The lowest BCUT2D eigenvalue weighted by molar-refractivity contribution is 0.722. The van der Waals surface area contributed by atoms with Gasteiger partial charge in [0.15, 0.2) is 5.82 Å². The maximum Gasteiger partial charge on any atom is 0.160 e. The molecule has 0 bridgehead atoms. The van der Waals surface area contributed by atoms with Crippen LogP contribution in [-0.4, -0.2) is 9.97 Å². The van der Waals surface area contributed by atoms with Crippen molar-refractivity contribution in [3.8, 4) is 73.4 Å². The first-order chi connectivity index (χ1) is 28.7. The molecule has 0 unspecified atom stereocenters. The predicted octanol–water partition coefficient (Wildman–Crippen LogP) is 13.5. The second-order valence-corrected chi connectivity index (χ2v) is 15.9. The van der Waals surface area contributed by atoms with E-state index in [9.17, 15) is 5.26 Å². The minimum atomic E-state index is -0.539. The summed E-state index contributed by atoms with van der Waals surface area (Å²) in [6, 6.07) is 73.2. The first kappa shape index (κ1) is 34.0. The van der Waals surface area contributed by atoms with Crippen molar-refractivity contribution in [1.82, 2.24) is 9.97 Å². The standard InChI is InChI=1S/C54H33N3S/c55-34-35-22-24-38(25-23-35)42-16-11-19-47-52(42)43-32-41(30-31-44(43)54(47)45-17-7-9-20-50(45)58-51-21-10-8-18-46(51)54)53-56-48(39-14-5-2-6-15-39)33-49(57-53)40-28-26-37(27-29-40)36-12-3-1-4-13-36/h1-33H. The summed E-state index contributed by atoms with van der Waals surface area (Å²) >= 11 is 1.85. The molecule has 0 amide bonds. The maximum absolute atomic E-state index is 9.65. The van der Waals surface area contributed by atoms with E-state index in [0.717, 1.165) is 50.3 Å². The summed E-state index contributed by atoms with van der Waals surface area (Å²) in [5.74, 6) is 0.671. The summed E-state index contributed by atoms with van der Waals surface area (Å²) in [5, 5.41) is 9.65. The minimum absolute atomic E-state index is 0.539. The quantitative estimate of drug-likeness (QED) is 0.175. The zero-order valence-corrected chi connectivity index (χ0v) is 32.1. The molecule has 2 aliphatic rings. The van der Waals surface area contributed by atoms with Gasteiger partial charge in [-0.1, -0.05) is 176 Å². The third-order valence-corrected chi connectivity index (χ3v) is 12.8. The zero-order chi connectivity index (χ0) is 38.6. The Kier molecular flexibility index (Phi) is 8.03. The first-order valence-electron chi connectivity index (χ1n) is 19.5. The Morgan fingerprint density at radius 1 is 0.397 bits per heavy atom.